The van der Waals surface area contributed by atoms with Gasteiger partial charge in [-0.05, 0) is 30.7 Å². The zero-order valence-electron chi connectivity index (χ0n) is 16.4. The maximum Gasteiger partial charge on any atom is 0.257 e. The van der Waals surface area contributed by atoms with Crippen LogP contribution in [0.5, 0.6) is 0 Å². The molecule has 30 heavy (non-hydrogen) atoms. The highest BCUT2D eigenvalue weighted by Gasteiger charge is 2.17. The number of carbonyl (C=O) groups is 2. The summed E-state index contributed by atoms with van der Waals surface area (Å²) < 4.78 is 0.929. The van der Waals surface area contributed by atoms with Crippen LogP contribution in [0.15, 0.2) is 60.4 Å². The van der Waals surface area contributed by atoms with Crippen molar-refractivity contribution in [3.05, 3.63) is 77.1 Å². The Morgan fingerprint density at radius 3 is 2.67 bits per heavy atom. The van der Waals surface area contributed by atoms with Crippen LogP contribution >= 0.6 is 11.3 Å². The molecule has 0 saturated carbocycles. The number of nitrogens with zero attached hydrogens (tertiary/aromatic N) is 2. The van der Waals surface area contributed by atoms with Crippen molar-refractivity contribution in [1.82, 2.24) is 15.3 Å². The molecule has 4 aromatic rings. The molecule has 0 aliphatic heterocycles. The number of hydrogen-bond acceptors (Lipinski definition) is 6. The Labute approximate surface area is 177 Å². The Bertz CT molecular complexity index is 1250. The zero-order valence-corrected chi connectivity index (χ0v) is 17.2. The highest BCUT2D eigenvalue weighted by molar-refractivity contribution is 7.17. The molecule has 150 valence electrons. The molecule has 8 heteroatoms. The largest absolute Gasteiger partial charge is 0.355 e. The second-order valence-corrected chi connectivity index (χ2v) is 7.53. The number of thiophene rings is 1. The van der Waals surface area contributed by atoms with Gasteiger partial charge < -0.3 is 16.0 Å². The molecule has 7 nitrogen and oxygen atoms in total. The van der Waals surface area contributed by atoms with E-state index >= 15 is 0 Å². The van der Waals surface area contributed by atoms with Crippen molar-refractivity contribution < 1.29 is 9.59 Å². The first-order valence-electron chi connectivity index (χ1n) is 9.24. The number of aryl methyl sites for hydroxylation is 1. The number of pyridine rings is 2. The number of aromatic nitrogens is 2. The van der Waals surface area contributed by atoms with E-state index in [1.165, 1.54) is 17.5 Å². The van der Waals surface area contributed by atoms with Crippen molar-refractivity contribution in [1.29, 1.82) is 0 Å². The maximum atomic E-state index is 13.0. The molecule has 1 aromatic carbocycles. The molecule has 3 N–H and O–H groups in total. The Hall–Kier alpha value is -3.78. The van der Waals surface area contributed by atoms with Gasteiger partial charge in [0.25, 0.3) is 11.8 Å². The Balaban J connectivity index is 1.71. The van der Waals surface area contributed by atoms with Crippen LogP contribution in [0.2, 0.25) is 0 Å². The van der Waals surface area contributed by atoms with E-state index in [0.29, 0.717) is 22.6 Å². The number of hydrogen-bond donors (Lipinski definition) is 3. The normalized spacial score (nSPS) is 10.6. The Kier molecular flexibility index (Phi) is 5.40. The smallest absolute Gasteiger partial charge is 0.257 e. The zero-order chi connectivity index (χ0) is 21.1. The SMILES string of the molecule is CNC(=O)c1cnc(Nc2ccccc2C)c(NC(=O)c2csc3cnccc23)c1. The molecular formula is C22H19N5O2S. The minimum Gasteiger partial charge on any atom is -0.355 e. The topological polar surface area (TPSA) is 96.0 Å². The first-order valence-corrected chi connectivity index (χ1v) is 10.1. The van der Waals surface area contributed by atoms with E-state index in [-0.39, 0.29) is 11.8 Å². The Morgan fingerprint density at radius 1 is 1.03 bits per heavy atom. The van der Waals surface area contributed by atoms with E-state index in [1.807, 2.05) is 37.3 Å². The van der Waals surface area contributed by atoms with Crippen LogP contribution < -0.4 is 16.0 Å². The van der Waals surface area contributed by atoms with E-state index in [9.17, 15) is 9.59 Å². The van der Waals surface area contributed by atoms with E-state index in [4.69, 9.17) is 0 Å². The first-order chi connectivity index (χ1) is 14.6. The summed E-state index contributed by atoms with van der Waals surface area (Å²) in [6, 6.07) is 11.2. The van der Waals surface area contributed by atoms with Crippen LogP contribution in [0.25, 0.3) is 10.1 Å². The molecule has 0 bridgehead atoms. The average molecular weight is 417 g/mol. The number of anilines is 3. The molecule has 0 radical (unpaired) electrons. The van der Waals surface area contributed by atoms with Crippen LogP contribution in [0.3, 0.4) is 0 Å². The van der Waals surface area contributed by atoms with Crippen molar-refractivity contribution in [2.45, 2.75) is 6.92 Å². The van der Waals surface area contributed by atoms with Crippen molar-refractivity contribution in [3.63, 3.8) is 0 Å². The number of amides is 2. The summed E-state index contributed by atoms with van der Waals surface area (Å²) in [6.45, 7) is 1.98. The summed E-state index contributed by atoms with van der Waals surface area (Å²) >= 11 is 1.45. The number of para-hydroxylation sites is 1. The third-order valence-corrected chi connectivity index (χ3v) is 5.58. The standard InChI is InChI=1S/C22H19N5O2S/c1-13-5-3-4-6-17(13)26-20-18(9-14(10-25-20)21(28)23-2)27-22(29)16-12-30-19-11-24-8-7-15(16)19/h3-12H,1-2H3,(H,23,28)(H,25,26)(H,27,29). The van der Waals surface area contributed by atoms with E-state index in [1.54, 1.807) is 30.9 Å². The van der Waals surface area contributed by atoms with E-state index < -0.39 is 0 Å². The van der Waals surface area contributed by atoms with Gasteiger partial charge in [-0.2, -0.15) is 0 Å². The maximum absolute atomic E-state index is 13.0. The lowest BCUT2D eigenvalue weighted by molar-refractivity contribution is 0.0961. The summed E-state index contributed by atoms with van der Waals surface area (Å²) in [7, 11) is 1.55. The summed E-state index contributed by atoms with van der Waals surface area (Å²) in [4.78, 5) is 33.6. The lowest BCUT2D eigenvalue weighted by Gasteiger charge is -2.15. The number of fused-ring (bicyclic) bond motifs is 1. The summed E-state index contributed by atoms with van der Waals surface area (Å²) in [5, 5.41) is 11.4. The number of benzene rings is 1. The molecule has 3 heterocycles. The van der Waals surface area contributed by atoms with Gasteiger partial charge in [-0.1, -0.05) is 18.2 Å². The van der Waals surface area contributed by atoms with Gasteiger partial charge in [-0.25, -0.2) is 4.98 Å². The third kappa shape index (κ3) is 3.85. The summed E-state index contributed by atoms with van der Waals surface area (Å²) in [6.07, 6.45) is 4.86. The molecule has 3 aromatic heterocycles. The second-order valence-electron chi connectivity index (χ2n) is 6.61. The van der Waals surface area contributed by atoms with Gasteiger partial charge in [-0.15, -0.1) is 11.3 Å². The molecular weight excluding hydrogens is 398 g/mol. The highest BCUT2D eigenvalue weighted by atomic mass is 32.1. The fraction of sp³-hybridized carbons (Fsp3) is 0.0909. The first kappa shape index (κ1) is 19.5. The average Bonchev–Trinajstić information content (AvgIpc) is 3.20. The Morgan fingerprint density at radius 2 is 1.87 bits per heavy atom. The third-order valence-electron chi connectivity index (χ3n) is 4.65. The van der Waals surface area contributed by atoms with Crippen LogP contribution in [-0.2, 0) is 0 Å². The molecule has 0 saturated heterocycles. The quantitative estimate of drug-likeness (QED) is 0.448. The molecule has 0 aliphatic rings. The molecule has 0 aliphatic carbocycles. The minimum atomic E-state index is -0.285. The predicted molar refractivity (Wildman–Crippen MR) is 120 cm³/mol. The van der Waals surface area contributed by atoms with Crippen molar-refractivity contribution >= 4 is 50.4 Å². The fourth-order valence-corrected chi connectivity index (χ4v) is 3.92. The second kappa shape index (κ2) is 8.30. The number of nitrogens with one attached hydrogen (secondary N) is 3. The number of rotatable bonds is 5. The lowest BCUT2D eigenvalue weighted by Crippen LogP contribution is -2.19. The number of carbonyl (C=O) groups excluding carboxylic acids is 2. The predicted octanol–water partition coefficient (Wildman–Crippen LogP) is 4.36. The van der Waals surface area contributed by atoms with Crippen molar-refractivity contribution in [3.8, 4) is 0 Å². The van der Waals surface area contributed by atoms with Gasteiger partial charge in [-0.3, -0.25) is 14.6 Å². The van der Waals surface area contributed by atoms with Crippen molar-refractivity contribution in [2.75, 3.05) is 17.7 Å². The molecule has 0 fully saturated rings. The van der Waals surface area contributed by atoms with Gasteiger partial charge in [0, 0.05) is 42.1 Å². The van der Waals surface area contributed by atoms with Gasteiger partial charge >= 0.3 is 0 Å². The molecule has 0 unspecified atom stereocenters. The summed E-state index contributed by atoms with van der Waals surface area (Å²) in [5.74, 6) is -0.116. The van der Waals surface area contributed by atoms with Gasteiger partial charge in [0.15, 0.2) is 5.82 Å². The molecule has 4 rings (SSSR count). The monoisotopic (exact) mass is 417 g/mol. The van der Waals surface area contributed by atoms with E-state index in [0.717, 1.165) is 21.3 Å². The molecule has 2 amide bonds. The van der Waals surface area contributed by atoms with Crippen molar-refractivity contribution in [2.24, 2.45) is 0 Å². The molecule has 0 atom stereocenters. The van der Waals surface area contributed by atoms with Crippen LogP contribution in [0.1, 0.15) is 26.3 Å². The van der Waals surface area contributed by atoms with Gasteiger partial charge in [0.05, 0.1) is 21.5 Å². The fourth-order valence-electron chi connectivity index (χ4n) is 3.02. The molecule has 0 spiro atoms. The van der Waals surface area contributed by atoms with Crippen LogP contribution in [0, 0.1) is 6.92 Å². The van der Waals surface area contributed by atoms with Crippen LogP contribution in [-0.4, -0.2) is 28.8 Å². The highest BCUT2D eigenvalue weighted by Crippen LogP contribution is 2.29. The van der Waals surface area contributed by atoms with E-state index in [2.05, 4.69) is 25.9 Å². The lowest BCUT2D eigenvalue weighted by atomic mass is 10.1. The van der Waals surface area contributed by atoms with Crippen LogP contribution in [0.4, 0.5) is 17.2 Å². The minimum absolute atomic E-state index is 0.281. The van der Waals surface area contributed by atoms with Gasteiger partial charge in [0.2, 0.25) is 0 Å². The summed E-state index contributed by atoms with van der Waals surface area (Å²) in [5.41, 5.74) is 3.20. The van der Waals surface area contributed by atoms with Gasteiger partial charge in [0.1, 0.15) is 0 Å².